The van der Waals surface area contributed by atoms with Crippen molar-refractivity contribution >= 4 is 29.1 Å². The first-order chi connectivity index (χ1) is 13.5. The molecule has 1 saturated heterocycles. The smallest absolute Gasteiger partial charge is 0.223 e. The molecule has 1 fully saturated rings. The van der Waals surface area contributed by atoms with Crippen LogP contribution in [-0.4, -0.2) is 53.5 Å². The van der Waals surface area contributed by atoms with Crippen LogP contribution in [0.1, 0.15) is 24.7 Å². The largest absolute Gasteiger partial charge is 0.370 e. The third-order valence-corrected chi connectivity index (χ3v) is 5.04. The van der Waals surface area contributed by atoms with Crippen LogP contribution in [-0.2, 0) is 11.2 Å². The van der Waals surface area contributed by atoms with Crippen molar-refractivity contribution in [1.82, 2.24) is 14.9 Å². The van der Waals surface area contributed by atoms with E-state index in [4.69, 9.17) is 11.6 Å². The topological polar surface area (TPSA) is 61.4 Å². The predicted molar refractivity (Wildman–Crippen MR) is 109 cm³/mol. The van der Waals surface area contributed by atoms with Gasteiger partial charge in [0.2, 0.25) is 5.91 Å². The van der Waals surface area contributed by atoms with Crippen molar-refractivity contribution in [3.05, 3.63) is 46.5 Å². The summed E-state index contributed by atoms with van der Waals surface area (Å²) in [4.78, 5) is 25.5. The van der Waals surface area contributed by atoms with Crippen molar-refractivity contribution in [2.45, 2.75) is 26.7 Å². The number of hydrogen-bond acceptors (Lipinski definition) is 5. The monoisotopic (exact) mass is 405 g/mol. The average Bonchev–Trinajstić information content (AvgIpc) is 2.68. The molecule has 1 aromatic carbocycles. The average molecular weight is 406 g/mol. The number of piperazine rings is 1. The number of anilines is 2. The zero-order valence-electron chi connectivity index (χ0n) is 16.2. The van der Waals surface area contributed by atoms with Gasteiger partial charge in [-0.15, -0.1) is 0 Å². The van der Waals surface area contributed by atoms with Gasteiger partial charge in [-0.3, -0.25) is 4.79 Å². The molecule has 2 aromatic rings. The zero-order chi connectivity index (χ0) is 20.1. The number of benzene rings is 1. The van der Waals surface area contributed by atoms with Crippen LogP contribution in [0.15, 0.2) is 24.3 Å². The molecular weight excluding hydrogens is 381 g/mol. The first kappa shape index (κ1) is 20.3. The van der Waals surface area contributed by atoms with Gasteiger partial charge in [-0.1, -0.05) is 17.7 Å². The number of aryl methyl sites for hydroxylation is 2. The van der Waals surface area contributed by atoms with Gasteiger partial charge in [0.15, 0.2) is 0 Å². The summed E-state index contributed by atoms with van der Waals surface area (Å²) in [5.74, 6) is 2.10. The Bertz CT molecular complexity index is 839. The van der Waals surface area contributed by atoms with Crippen molar-refractivity contribution in [2.24, 2.45) is 0 Å². The Morgan fingerprint density at radius 2 is 1.96 bits per heavy atom. The van der Waals surface area contributed by atoms with Crippen molar-refractivity contribution in [1.29, 1.82) is 0 Å². The van der Waals surface area contributed by atoms with Crippen LogP contribution in [0.4, 0.5) is 16.0 Å². The molecule has 1 aliphatic heterocycles. The number of nitrogens with one attached hydrogen (secondary N) is 1. The minimum absolute atomic E-state index is 0.0932. The summed E-state index contributed by atoms with van der Waals surface area (Å²) in [6, 6.07) is 6.55. The quantitative estimate of drug-likeness (QED) is 0.799. The lowest BCUT2D eigenvalue weighted by Crippen LogP contribution is -2.49. The molecule has 28 heavy (non-hydrogen) atoms. The number of aromatic nitrogens is 2. The summed E-state index contributed by atoms with van der Waals surface area (Å²) < 4.78 is 13.2. The van der Waals surface area contributed by atoms with E-state index in [2.05, 4.69) is 20.2 Å². The molecule has 6 nitrogen and oxygen atoms in total. The number of rotatable bonds is 6. The maximum Gasteiger partial charge on any atom is 0.223 e. The lowest BCUT2D eigenvalue weighted by Gasteiger charge is -2.35. The number of hydrogen-bond donors (Lipinski definition) is 1. The van der Waals surface area contributed by atoms with Crippen molar-refractivity contribution in [3.8, 4) is 0 Å². The van der Waals surface area contributed by atoms with Gasteiger partial charge in [0.25, 0.3) is 0 Å². The predicted octanol–water partition coefficient (Wildman–Crippen LogP) is 3.29. The van der Waals surface area contributed by atoms with Gasteiger partial charge in [0.1, 0.15) is 23.3 Å². The zero-order valence-corrected chi connectivity index (χ0v) is 17.0. The molecule has 0 unspecified atom stereocenters. The second-order valence-corrected chi connectivity index (χ2v) is 7.21. The molecule has 0 saturated carbocycles. The summed E-state index contributed by atoms with van der Waals surface area (Å²) in [6.07, 6.45) is 0.940. The van der Waals surface area contributed by atoms with Crippen LogP contribution >= 0.6 is 11.6 Å². The number of halogens is 2. The van der Waals surface area contributed by atoms with E-state index in [1.54, 1.807) is 12.1 Å². The van der Waals surface area contributed by atoms with Gasteiger partial charge in [0, 0.05) is 45.2 Å². The third kappa shape index (κ3) is 5.10. The highest BCUT2D eigenvalue weighted by molar-refractivity contribution is 6.30. The van der Waals surface area contributed by atoms with E-state index in [9.17, 15) is 9.18 Å². The van der Waals surface area contributed by atoms with Crippen LogP contribution in [0, 0.1) is 12.7 Å². The van der Waals surface area contributed by atoms with E-state index in [0.29, 0.717) is 25.9 Å². The van der Waals surface area contributed by atoms with E-state index in [-0.39, 0.29) is 10.9 Å². The molecule has 1 N–H and O–H groups in total. The first-order valence-electron chi connectivity index (χ1n) is 9.52. The molecule has 3 rings (SSSR count). The van der Waals surface area contributed by atoms with Crippen molar-refractivity contribution in [2.75, 3.05) is 42.9 Å². The van der Waals surface area contributed by atoms with Gasteiger partial charge in [0.05, 0.1) is 5.02 Å². The van der Waals surface area contributed by atoms with E-state index in [0.717, 1.165) is 42.7 Å². The first-order valence-corrected chi connectivity index (χ1v) is 9.90. The molecule has 0 spiro atoms. The molecule has 0 bridgehead atoms. The van der Waals surface area contributed by atoms with Gasteiger partial charge in [-0.05, 0) is 38.0 Å². The summed E-state index contributed by atoms with van der Waals surface area (Å²) in [6.45, 7) is 7.49. The maximum atomic E-state index is 13.2. The summed E-state index contributed by atoms with van der Waals surface area (Å²) in [7, 11) is 0. The lowest BCUT2D eigenvalue weighted by molar-refractivity contribution is -0.131. The minimum Gasteiger partial charge on any atom is -0.370 e. The van der Waals surface area contributed by atoms with Crippen molar-refractivity contribution < 1.29 is 9.18 Å². The second kappa shape index (κ2) is 9.19. The Labute approximate surface area is 169 Å². The molecule has 1 aromatic heterocycles. The van der Waals surface area contributed by atoms with Crippen molar-refractivity contribution in [3.63, 3.8) is 0 Å². The molecule has 8 heteroatoms. The molecule has 0 aliphatic carbocycles. The van der Waals surface area contributed by atoms with Gasteiger partial charge >= 0.3 is 0 Å². The van der Waals surface area contributed by atoms with E-state index >= 15 is 0 Å². The highest BCUT2D eigenvalue weighted by Gasteiger charge is 2.22. The number of nitrogens with zero attached hydrogens (tertiary/aromatic N) is 4. The Morgan fingerprint density at radius 1 is 1.21 bits per heavy atom. The molecule has 1 amide bonds. The number of carbonyl (C=O) groups excluding carboxylic acids is 1. The highest BCUT2D eigenvalue weighted by Crippen LogP contribution is 2.19. The van der Waals surface area contributed by atoms with E-state index in [1.807, 2.05) is 24.8 Å². The fourth-order valence-corrected chi connectivity index (χ4v) is 3.48. The Kier molecular flexibility index (Phi) is 6.67. The minimum atomic E-state index is -0.440. The standard InChI is InChI=1S/C20H25ClFN5O/c1-3-23-18-13-19(25-14(2)24-18)26-8-10-27(11-9-26)20(28)7-5-15-4-6-17(22)16(21)12-15/h4,6,12-13H,3,5,7-11H2,1-2H3,(H,23,24,25). The normalized spacial score (nSPS) is 14.3. The molecule has 2 heterocycles. The highest BCUT2D eigenvalue weighted by atomic mass is 35.5. The van der Waals surface area contributed by atoms with E-state index in [1.165, 1.54) is 6.07 Å². The molecule has 0 radical (unpaired) electrons. The van der Waals surface area contributed by atoms with Gasteiger partial charge in [-0.2, -0.15) is 0 Å². The Morgan fingerprint density at radius 3 is 2.64 bits per heavy atom. The fraction of sp³-hybridized carbons (Fsp3) is 0.450. The summed E-state index contributed by atoms with van der Waals surface area (Å²) >= 11 is 5.80. The van der Waals surface area contributed by atoms with Crippen LogP contribution < -0.4 is 10.2 Å². The van der Waals surface area contributed by atoms with Gasteiger partial charge in [-0.25, -0.2) is 14.4 Å². The van der Waals surface area contributed by atoms with Gasteiger partial charge < -0.3 is 15.1 Å². The van der Waals surface area contributed by atoms with Crippen LogP contribution in [0.25, 0.3) is 0 Å². The lowest BCUT2D eigenvalue weighted by atomic mass is 10.1. The summed E-state index contributed by atoms with van der Waals surface area (Å²) in [5.41, 5.74) is 0.866. The third-order valence-electron chi connectivity index (χ3n) is 4.75. The summed E-state index contributed by atoms with van der Waals surface area (Å²) in [5, 5.41) is 3.31. The Balaban J connectivity index is 1.53. The molecule has 1 aliphatic rings. The number of carbonyl (C=O) groups is 1. The fourth-order valence-electron chi connectivity index (χ4n) is 3.28. The van der Waals surface area contributed by atoms with Crippen LogP contribution in [0.2, 0.25) is 5.02 Å². The SMILES string of the molecule is CCNc1cc(N2CCN(C(=O)CCc3ccc(F)c(Cl)c3)CC2)nc(C)n1. The molecule has 0 atom stereocenters. The molecule has 150 valence electrons. The number of amides is 1. The molecular formula is C20H25ClFN5O. The van der Waals surface area contributed by atoms with Crippen LogP contribution in [0.5, 0.6) is 0 Å². The van der Waals surface area contributed by atoms with E-state index < -0.39 is 5.82 Å². The second-order valence-electron chi connectivity index (χ2n) is 6.81. The maximum absolute atomic E-state index is 13.2. The van der Waals surface area contributed by atoms with Crippen LogP contribution in [0.3, 0.4) is 0 Å². The Hall–Kier alpha value is -2.41.